The van der Waals surface area contributed by atoms with E-state index < -0.39 is 0 Å². The number of ether oxygens (including phenoxy) is 2. The summed E-state index contributed by atoms with van der Waals surface area (Å²) in [5.74, 6) is 3.32. The second-order valence-electron chi connectivity index (χ2n) is 6.97. The van der Waals surface area contributed by atoms with Gasteiger partial charge in [0, 0.05) is 36.8 Å². The molecule has 0 unspecified atom stereocenters. The van der Waals surface area contributed by atoms with E-state index in [0.717, 1.165) is 55.5 Å². The minimum Gasteiger partial charge on any atom is -0.497 e. The molecule has 5 heteroatoms. The molecule has 0 aliphatic carbocycles. The number of hydrogen-bond donors (Lipinski definition) is 0. The average molecular weight is 339 g/mol. The zero-order valence-electron chi connectivity index (χ0n) is 14.8. The maximum Gasteiger partial charge on any atom is 0.132 e. The Morgan fingerprint density at radius 1 is 1.16 bits per heavy atom. The monoisotopic (exact) mass is 339 g/mol. The molecule has 2 aliphatic heterocycles. The van der Waals surface area contributed by atoms with Gasteiger partial charge in [-0.05, 0) is 43.7 Å². The van der Waals surface area contributed by atoms with Gasteiger partial charge in [0.2, 0.25) is 0 Å². The van der Waals surface area contributed by atoms with Gasteiger partial charge >= 0.3 is 0 Å². The van der Waals surface area contributed by atoms with E-state index in [-0.39, 0.29) is 0 Å². The molecule has 0 radical (unpaired) electrons. The number of hydrogen-bond acceptors (Lipinski definition) is 5. The number of nitrogens with zero attached hydrogens (tertiary/aromatic N) is 3. The van der Waals surface area contributed by atoms with E-state index in [1.807, 2.05) is 12.1 Å². The first kappa shape index (κ1) is 16.2. The largest absolute Gasteiger partial charge is 0.497 e. The molecule has 1 saturated heterocycles. The predicted octanol–water partition coefficient (Wildman–Crippen LogP) is 3.27. The quantitative estimate of drug-likeness (QED) is 0.855. The van der Waals surface area contributed by atoms with E-state index >= 15 is 0 Å². The summed E-state index contributed by atoms with van der Waals surface area (Å²) in [5, 5.41) is 0. The van der Waals surface area contributed by atoms with Crippen molar-refractivity contribution in [3.05, 3.63) is 41.9 Å². The van der Waals surface area contributed by atoms with Crippen molar-refractivity contribution < 1.29 is 9.47 Å². The molecule has 0 amide bonds. The third kappa shape index (κ3) is 3.70. The third-order valence-electron chi connectivity index (χ3n) is 5.14. The maximum absolute atomic E-state index is 5.96. The number of methoxy groups -OCH3 is 1. The van der Waals surface area contributed by atoms with E-state index in [4.69, 9.17) is 9.47 Å². The minimum atomic E-state index is 0.449. The van der Waals surface area contributed by atoms with Gasteiger partial charge in [0.05, 0.1) is 13.7 Å². The highest BCUT2D eigenvalue weighted by molar-refractivity contribution is 5.42. The Morgan fingerprint density at radius 2 is 2.04 bits per heavy atom. The molecule has 1 fully saturated rings. The standard InChI is InChI=1S/C20H25N3O2/c1-24-18-6-5-16-9-15(13-25-19(16)12-18)10-17-11-20(22-14-21-17)23-7-3-2-4-8-23/h5-6,11-12,14-15H,2-4,7-10,13H2,1H3/t15-/m1/s1. The Labute approximate surface area is 149 Å². The van der Waals surface area contributed by atoms with E-state index in [0.29, 0.717) is 5.92 Å². The molecular weight excluding hydrogens is 314 g/mol. The topological polar surface area (TPSA) is 47.5 Å². The van der Waals surface area contributed by atoms with Crippen LogP contribution in [0.3, 0.4) is 0 Å². The van der Waals surface area contributed by atoms with Crippen LogP contribution >= 0.6 is 0 Å². The van der Waals surface area contributed by atoms with Gasteiger partial charge in [-0.3, -0.25) is 0 Å². The molecule has 3 heterocycles. The van der Waals surface area contributed by atoms with E-state index in [2.05, 4.69) is 27.0 Å². The van der Waals surface area contributed by atoms with Gasteiger partial charge in [-0.25, -0.2) is 9.97 Å². The predicted molar refractivity (Wildman–Crippen MR) is 97.5 cm³/mol. The second kappa shape index (κ2) is 7.30. The Balaban J connectivity index is 1.44. The van der Waals surface area contributed by atoms with Crippen molar-refractivity contribution in [1.82, 2.24) is 9.97 Å². The highest BCUT2D eigenvalue weighted by atomic mass is 16.5. The fourth-order valence-corrected chi connectivity index (χ4v) is 3.76. The normalized spacial score (nSPS) is 19.9. The van der Waals surface area contributed by atoms with E-state index in [9.17, 15) is 0 Å². The van der Waals surface area contributed by atoms with Crippen LogP contribution < -0.4 is 14.4 Å². The van der Waals surface area contributed by atoms with Crippen LogP contribution in [0.5, 0.6) is 11.5 Å². The van der Waals surface area contributed by atoms with Gasteiger partial charge in [-0.2, -0.15) is 0 Å². The first-order valence-corrected chi connectivity index (χ1v) is 9.17. The fraction of sp³-hybridized carbons (Fsp3) is 0.500. The minimum absolute atomic E-state index is 0.449. The van der Waals surface area contributed by atoms with Crippen LogP contribution in [-0.4, -0.2) is 36.8 Å². The lowest BCUT2D eigenvalue weighted by Crippen LogP contribution is -2.30. The molecule has 132 valence electrons. The first-order valence-electron chi connectivity index (χ1n) is 9.17. The summed E-state index contributed by atoms with van der Waals surface area (Å²) in [6.45, 7) is 2.94. The zero-order valence-corrected chi connectivity index (χ0v) is 14.8. The summed E-state index contributed by atoms with van der Waals surface area (Å²) >= 11 is 0. The molecule has 0 spiro atoms. The number of piperidine rings is 1. The lowest BCUT2D eigenvalue weighted by atomic mass is 9.92. The van der Waals surface area contributed by atoms with Crippen molar-refractivity contribution in [3.63, 3.8) is 0 Å². The SMILES string of the molecule is COc1ccc2c(c1)OC[C@@H](Cc1cc(N3CCCCC3)ncn1)C2. The van der Waals surface area contributed by atoms with Crippen LogP contribution in [0.2, 0.25) is 0 Å². The molecule has 4 rings (SSSR count). The fourth-order valence-electron chi connectivity index (χ4n) is 3.76. The van der Waals surface area contributed by atoms with Crippen LogP contribution in [0.25, 0.3) is 0 Å². The molecule has 25 heavy (non-hydrogen) atoms. The summed E-state index contributed by atoms with van der Waals surface area (Å²) in [5.41, 5.74) is 2.36. The Morgan fingerprint density at radius 3 is 2.88 bits per heavy atom. The van der Waals surface area contributed by atoms with Crippen LogP contribution in [-0.2, 0) is 12.8 Å². The number of fused-ring (bicyclic) bond motifs is 1. The summed E-state index contributed by atoms with van der Waals surface area (Å²) in [4.78, 5) is 11.4. The smallest absolute Gasteiger partial charge is 0.132 e. The molecule has 1 aromatic carbocycles. The lowest BCUT2D eigenvalue weighted by Gasteiger charge is -2.28. The number of anilines is 1. The highest BCUT2D eigenvalue weighted by Crippen LogP contribution is 2.32. The number of aromatic nitrogens is 2. The van der Waals surface area contributed by atoms with Crippen LogP contribution in [0, 0.1) is 5.92 Å². The molecule has 2 aliphatic rings. The van der Waals surface area contributed by atoms with Gasteiger partial charge in [0.25, 0.3) is 0 Å². The van der Waals surface area contributed by atoms with E-state index in [1.165, 1.54) is 24.8 Å². The number of rotatable bonds is 4. The van der Waals surface area contributed by atoms with Gasteiger partial charge < -0.3 is 14.4 Å². The zero-order chi connectivity index (χ0) is 17.1. The summed E-state index contributed by atoms with van der Waals surface area (Å²) < 4.78 is 11.2. The van der Waals surface area contributed by atoms with Crippen molar-refractivity contribution in [2.24, 2.45) is 5.92 Å². The van der Waals surface area contributed by atoms with Gasteiger partial charge in [0.15, 0.2) is 0 Å². The van der Waals surface area contributed by atoms with Gasteiger partial charge in [-0.15, -0.1) is 0 Å². The molecule has 5 nitrogen and oxygen atoms in total. The van der Waals surface area contributed by atoms with Crippen molar-refractivity contribution in [2.45, 2.75) is 32.1 Å². The molecule has 0 saturated carbocycles. The Hall–Kier alpha value is -2.30. The van der Waals surface area contributed by atoms with Crippen LogP contribution in [0.15, 0.2) is 30.6 Å². The molecular formula is C20H25N3O2. The number of benzene rings is 1. The summed E-state index contributed by atoms with van der Waals surface area (Å²) in [6, 6.07) is 8.25. The summed E-state index contributed by atoms with van der Waals surface area (Å²) in [6.07, 6.45) is 7.50. The highest BCUT2D eigenvalue weighted by Gasteiger charge is 2.22. The Kier molecular flexibility index (Phi) is 4.72. The molecule has 0 N–H and O–H groups in total. The molecule has 2 aromatic rings. The van der Waals surface area contributed by atoms with E-state index in [1.54, 1.807) is 13.4 Å². The Bertz CT molecular complexity index is 729. The van der Waals surface area contributed by atoms with Crippen molar-refractivity contribution in [2.75, 3.05) is 31.7 Å². The van der Waals surface area contributed by atoms with Crippen LogP contribution in [0.1, 0.15) is 30.5 Å². The second-order valence-corrected chi connectivity index (χ2v) is 6.97. The third-order valence-corrected chi connectivity index (χ3v) is 5.14. The summed E-state index contributed by atoms with van der Waals surface area (Å²) in [7, 11) is 1.68. The van der Waals surface area contributed by atoms with Gasteiger partial charge in [-0.1, -0.05) is 6.07 Å². The van der Waals surface area contributed by atoms with Crippen molar-refractivity contribution >= 4 is 5.82 Å². The first-order chi connectivity index (χ1) is 12.3. The molecule has 1 atom stereocenters. The van der Waals surface area contributed by atoms with Crippen molar-refractivity contribution in [1.29, 1.82) is 0 Å². The molecule has 0 bridgehead atoms. The van der Waals surface area contributed by atoms with Crippen LogP contribution in [0.4, 0.5) is 5.82 Å². The van der Waals surface area contributed by atoms with Gasteiger partial charge in [0.1, 0.15) is 23.6 Å². The average Bonchev–Trinajstić information content (AvgIpc) is 2.68. The lowest BCUT2D eigenvalue weighted by molar-refractivity contribution is 0.219. The van der Waals surface area contributed by atoms with Crippen molar-refractivity contribution in [3.8, 4) is 11.5 Å². The molecule has 1 aromatic heterocycles. The maximum atomic E-state index is 5.96.